The number of H-pyrrole nitrogens is 1. The quantitative estimate of drug-likeness (QED) is 0.0195. The van der Waals surface area contributed by atoms with E-state index in [9.17, 15) is 48.8 Å². The number of nitrogen functional groups attached to an aromatic ring is 1. The summed E-state index contributed by atoms with van der Waals surface area (Å²) in [4.78, 5) is 115. The highest BCUT2D eigenvalue weighted by molar-refractivity contribution is 5.97. The summed E-state index contributed by atoms with van der Waals surface area (Å²) >= 11 is 0. The first-order valence-electron chi connectivity index (χ1n) is 23.1. The van der Waals surface area contributed by atoms with Crippen molar-refractivity contribution in [1.29, 1.82) is 0 Å². The van der Waals surface area contributed by atoms with Gasteiger partial charge < -0.3 is 46.9 Å². The van der Waals surface area contributed by atoms with E-state index in [0.717, 1.165) is 29.4 Å². The minimum Gasteiger partial charge on any atom is -0.480 e. The highest BCUT2D eigenvalue weighted by Crippen LogP contribution is 2.44. The summed E-state index contributed by atoms with van der Waals surface area (Å²) in [6.45, 7) is 0.269. The van der Waals surface area contributed by atoms with Crippen molar-refractivity contribution >= 4 is 64.2 Å². The number of nitrogens with zero attached hydrogens (tertiary/aromatic N) is 4. The van der Waals surface area contributed by atoms with Crippen molar-refractivity contribution in [3.8, 4) is 11.1 Å². The van der Waals surface area contributed by atoms with Crippen LogP contribution < -0.4 is 37.9 Å². The Morgan fingerprint density at radius 3 is 2.18 bits per heavy atom. The van der Waals surface area contributed by atoms with Crippen LogP contribution in [0.15, 0.2) is 108 Å². The molecule has 0 saturated heterocycles. The van der Waals surface area contributed by atoms with Crippen molar-refractivity contribution in [2.75, 3.05) is 31.3 Å². The lowest BCUT2D eigenvalue weighted by Gasteiger charge is -2.20. The molecule has 0 aliphatic heterocycles. The molecular formula is C50H51N11O12. The van der Waals surface area contributed by atoms with Crippen molar-refractivity contribution in [1.82, 2.24) is 41.2 Å². The fraction of sp³-hybridized carbons (Fsp3) is 0.280. The molecule has 23 heteroatoms. The van der Waals surface area contributed by atoms with Crippen LogP contribution in [0.25, 0.3) is 22.3 Å². The number of carboxylic acid groups (broad SMARTS) is 1. The predicted molar refractivity (Wildman–Crippen MR) is 264 cm³/mol. The highest BCUT2D eigenvalue weighted by atomic mass is 16.6. The van der Waals surface area contributed by atoms with Crippen molar-refractivity contribution in [3.05, 3.63) is 152 Å². The monoisotopic (exact) mass is 997 g/mol. The molecule has 0 spiro atoms. The van der Waals surface area contributed by atoms with Gasteiger partial charge in [0.05, 0.1) is 30.5 Å². The number of aromatic nitrogens is 4. The summed E-state index contributed by atoms with van der Waals surface area (Å²) in [6.07, 6.45) is 0.611. The van der Waals surface area contributed by atoms with Crippen LogP contribution in [-0.2, 0) is 41.6 Å². The van der Waals surface area contributed by atoms with E-state index in [0.29, 0.717) is 29.8 Å². The van der Waals surface area contributed by atoms with Crippen LogP contribution >= 0.6 is 0 Å². The Labute approximate surface area is 415 Å². The molecule has 2 unspecified atom stereocenters. The first-order valence-corrected chi connectivity index (χ1v) is 23.1. The smallest absolute Gasteiger partial charge is 0.407 e. The lowest BCUT2D eigenvalue weighted by atomic mass is 9.98. The summed E-state index contributed by atoms with van der Waals surface area (Å²) in [5, 5.41) is 34.6. The maximum Gasteiger partial charge on any atom is 0.407 e. The minimum atomic E-state index is -1.46. The first kappa shape index (κ1) is 51.6. The number of benzene rings is 4. The molecule has 6 aromatic rings. The summed E-state index contributed by atoms with van der Waals surface area (Å²) in [5.41, 5.74) is 10.8. The number of carbonyl (C=O) groups is 6. The number of nitro groups is 1. The van der Waals surface area contributed by atoms with E-state index in [1.807, 2.05) is 48.5 Å². The number of rotatable bonds is 23. The number of ether oxygens (including phenoxy) is 2. The predicted octanol–water partition coefficient (Wildman–Crippen LogP) is 3.87. The van der Waals surface area contributed by atoms with E-state index in [-0.39, 0.29) is 79.7 Å². The number of unbranched alkanes of at least 4 members (excludes halogenated alkanes) is 1. The Bertz CT molecular complexity index is 3030. The van der Waals surface area contributed by atoms with Crippen LogP contribution in [0.1, 0.15) is 70.8 Å². The van der Waals surface area contributed by atoms with Crippen LogP contribution in [0.3, 0.4) is 0 Å². The van der Waals surface area contributed by atoms with Gasteiger partial charge in [-0.25, -0.2) is 24.4 Å². The van der Waals surface area contributed by atoms with Gasteiger partial charge in [-0.1, -0.05) is 60.7 Å². The zero-order valence-electron chi connectivity index (χ0n) is 39.3. The van der Waals surface area contributed by atoms with Gasteiger partial charge in [0.15, 0.2) is 11.2 Å². The number of carbonyl (C=O) groups excluding carboxylic acids is 5. The van der Waals surface area contributed by atoms with E-state index in [1.54, 1.807) is 12.1 Å². The highest BCUT2D eigenvalue weighted by Gasteiger charge is 2.31. The van der Waals surface area contributed by atoms with Crippen LogP contribution in [0.5, 0.6) is 0 Å². The minimum absolute atomic E-state index is 0.00429. The molecule has 9 N–H and O–H groups in total. The van der Waals surface area contributed by atoms with Gasteiger partial charge in [-0.05, 0) is 77.8 Å². The number of esters is 1. The molecule has 4 aromatic carbocycles. The molecule has 0 bridgehead atoms. The maximum absolute atomic E-state index is 13.6. The fourth-order valence-corrected chi connectivity index (χ4v) is 8.21. The van der Waals surface area contributed by atoms with Crippen LogP contribution in [0, 0.1) is 10.1 Å². The van der Waals surface area contributed by atoms with Crippen LogP contribution in [0.4, 0.5) is 22.1 Å². The molecule has 1 aliphatic rings. The number of hydrogen-bond donors (Lipinski definition) is 8. The zero-order chi connectivity index (χ0) is 52.0. The van der Waals surface area contributed by atoms with Crippen LogP contribution in [0.2, 0.25) is 0 Å². The van der Waals surface area contributed by atoms with Gasteiger partial charge in [-0.3, -0.25) is 34.3 Å². The number of alkyl carbamates (subject to hydrolysis) is 1. The number of anilines is 2. The average molecular weight is 998 g/mol. The number of carboxylic acids is 1. The average Bonchev–Trinajstić information content (AvgIpc) is 3.71. The summed E-state index contributed by atoms with van der Waals surface area (Å²) < 4.78 is 10.6. The van der Waals surface area contributed by atoms with E-state index < -0.39 is 64.4 Å². The molecule has 7 rings (SSSR count). The molecule has 0 radical (unpaired) electrons. The molecule has 2 heterocycles. The zero-order valence-corrected chi connectivity index (χ0v) is 39.3. The SMILES string of the molecule is COC(=O)[C@H](CCCCNC(=O)C(Cc1ccc([N+](=O)[O-])cc1)NC(=O)OCC1c2ccccc2-c2ccccc21)NC(=O)CCC(NC(=O)c1ccc(NCc2cnc3nc(N)[nH]c(=O)c3n2)cc1)C(=O)O. The number of non-ortho nitro benzene ring substituents is 1. The fourth-order valence-electron chi connectivity index (χ4n) is 8.21. The topological polar surface area (TPSA) is 342 Å². The second kappa shape index (κ2) is 24.0. The lowest BCUT2D eigenvalue weighted by Crippen LogP contribution is -2.48. The van der Waals surface area contributed by atoms with Crippen molar-refractivity contribution in [2.24, 2.45) is 0 Å². The van der Waals surface area contributed by atoms with E-state index in [2.05, 4.69) is 46.5 Å². The van der Waals surface area contributed by atoms with Gasteiger partial charge >= 0.3 is 18.0 Å². The number of nitrogens with two attached hydrogens (primary N) is 1. The van der Waals surface area contributed by atoms with Gasteiger partial charge in [0, 0.05) is 48.7 Å². The normalized spacial score (nSPS) is 12.8. The Balaban J connectivity index is 0.864. The number of hydrogen-bond acceptors (Lipinski definition) is 16. The van der Waals surface area contributed by atoms with Gasteiger partial charge in [0.1, 0.15) is 24.7 Å². The maximum atomic E-state index is 13.6. The summed E-state index contributed by atoms with van der Waals surface area (Å²) in [5.74, 6) is -4.40. The Morgan fingerprint density at radius 2 is 1.52 bits per heavy atom. The Hall–Kier alpha value is -9.28. The number of amides is 4. The van der Waals surface area contributed by atoms with E-state index in [4.69, 9.17) is 15.2 Å². The standard InChI is InChI=1S/C50H51N11O12/c1-72-48(68)39(56-41(62)22-21-38(47(66)67)57-44(63)29-15-17-30(18-16-29)53-25-31-26-54-43-42(55-31)46(65)60-49(51)59-43)12-6-7-23-52-45(64)40(24-28-13-19-32(20-14-28)61(70)71)58-50(69)73-27-37-35-10-4-2-8-33(35)34-9-3-5-11-36(34)37/h2-5,8-11,13-20,26,37-40,53H,6-7,12,21-25,27H2,1H3,(H,52,64)(H,56,62)(H,57,63)(H,58,69)(H,66,67)(H3,51,54,59,60,65)/t38?,39-,40?/m0/s1. The van der Waals surface area contributed by atoms with Crippen molar-refractivity contribution in [2.45, 2.75) is 69.1 Å². The summed E-state index contributed by atoms with van der Waals surface area (Å²) in [7, 11) is 1.15. The molecule has 73 heavy (non-hydrogen) atoms. The Kier molecular flexibility index (Phi) is 17.0. The van der Waals surface area contributed by atoms with Gasteiger partial charge in [0.2, 0.25) is 17.8 Å². The molecular weight excluding hydrogens is 947 g/mol. The van der Waals surface area contributed by atoms with Gasteiger partial charge in [0.25, 0.3) is 17.2 Å². The first-order chi connectivity index (χ1) is 35.2. The van der Waals surface area contributed by atoms with Gasteiger partial charge in [-0.2, -0.15) is 4.98 Å². The van der Waals surface area contributed by atoms with Crippen LogP contribution in [-0.4, -0.2) is 104 Å². The lowest BCUT2D eigenvalue weighted by molar-refractivity contribution is -0.384. The third kappa shape index (κ3) is 13.5. The molecule has 1 aliphatic carbocycles. The second-order valence-electron chi connectivity index (χ2n) is 16.9. The molecule has 4 amide bonds. The van der Waals surface area contributed by atoms with E-state index >= 15 is 0 Å². The molecule has 23 nitrogen and oxygen atoms in total. The molecule has 2 aromatic heterocycles. The Morgan fingerprint density at radius 1 is 0.836 bits per heavy atom. The number of aliphatic carboxylic acids is 1. The molecule has 0 fully saturated rings. The van der Waals surface area contributed by atoms with Crippen molar-refractivity contribution in [3.63, 3.8) is 0 Å². The molecule has 378 valence electrons. The second-order valence-corrected chi connectivity index (χ2v) is 16.9. The molecule has 3 atom stereocenters. The summed E-state index contributed by atoms with van der Waals surface area (Å²) in [6, 6.07) is 23.6. The number of fused-ring (bicyclic) bond motifs is 4. The third-order valence-corrected chi connectivity index (χ3v) is 11.9. The molecule has 0 saturated carbocycles. The number of nitrogens with one attached hydrogen (secondary N) is 6. The number of methoxy groups -OCH3 is 1. The number of aromatic amines is 1. The van der Waals surface area contributed by atoms with E-state index in [1.165, 1.54) is 42.6 Å². The van der Waals surface area contributed by atoms with Gasteiger partial charge in [-0.15, -0.1) is 0 Å². The van der Waals surface area contributed by atoms with Crippen molar-refractivity contribution < 1.29 is 48.3 Å². The number of nitro benzene ring substituents is 1. The largest absolute Gasteiger partial charge is 0.480 e. The third-order valence-electron chi connectivity index (χ3n) is 11.9.